The van der Waals surface area contributed by atoms with Crippen LogP contribution in [0.2, 0.25) is 0 Å². The summed E-state index contributed by atoms with van der Waals surface area (Å²) in [6.07, 6.45) is -0.343. The summed E-state index contributed by atoms with van der Waals surface area (Å²) < 4.78 is 0. The van der Waals surface area contributed by atoms with E-state index in [2.05, 4.69) is 22.8 Å². The molecule has 1 heterocycles. The third-order valence-corrected chi connectivity index (χ3v) is 4.81. The minimum Gasteiger partial charge on any atom is -0.391 e. The lowest BCUT2D eigenvalue weighted by atomic mass is 10.1. The highest BCUT2D eigenvalue weighted by atomic mass is 32.2. The summed E-state index contributed by atoms with van der Waals surface area (Å²) in [6, 6.07) is 10.1. The quantitative estimate of drug-likeness (QED) is 0.688. The lowest BCUT2D eigenvalue weighted by Crippen LogP contribution is -2.37. The standard InChI is InChI=1S/C15H22N2O2S/c1-11(10-20-13-5-3-2-4-6-13)15(19)17-8-12-7-16-9-14(12)18/h2-6,11-12,14,16,18H,7-10H2,1H3,(H,17,19). The Balaban J connectivity index is 1.69. The Bertz CT molecular complexity index is 427. The highest BCUT2D eigenvalue weighted by Gasteiger charge is 2.25. The molecule has 1 saturated heterocycles. The first-order valence-electron chi connectivity index (χ1n) is 7.01. The van der Waals surface area contributed by atoms with E-state index in [4.69, 9.17) is 0 Å². The Kier molecular flexibility index (Phi) is 5.88. The van der Waals surface area contributed by atoms with Gasteiger partial charge in [-0.05, 0) is 12.1 Å². The molecule has 3 N–H and O–H groups in total. The summed E-state index contributed by atoms with van der Waals surface area (Å²) in [7, 11) is 0. The van der Waals surface area contributed by atoms with E-state index in [9.17, 15) is 9.90 Å². The summed E-state index contributed by atoms with van der Waals surface area (Å²) in [6.45, 7) is 3.89. The van der Waals surface area contributed by atoms with Gasteiger partial charge in [-0.2, -0.15) is 0 Å². The fourth-order valence-corrected chi connectivity index (χ4v) is 3.09. The maximum Gasteiger partial charge on any atom is 0.223 e. The molecule has 0 radical (unpaired) electrons. The van der Waals surface area contributed by atoms with Crippen LogP contribution in [0.25, 0.3) is 0 Å². The number of carbonyl (C=O) groups is 1. The van der Waals surface area contributed by atoms with Gasteiger partial charge >= 0.3 is 0 Å². The van der Waals surface area contributed by atoms with Crippen molar-refractivity contribution in [3.8, 4) is 0 Å². The van der Waals surface area contributed by atoms with Gasteiger partial charge in [-0.15, -0.1) is 11.8 Å². The maximum absolute atomic E-state index is 12.0. The second-order valence-corrected chi connectivity index (χ2v) is 6.35. The minimum absolute atomic E-state index is 0.0355. The first-order chi connectivity index (χ1) is 9.66. The van der Waals surface area contributed by atoms with Crippen LogP contribution in [0, 0.1) is 11.8 Å². The SMILES string of the molecule is CC(CSc1ccccc1)C(=O)NCC1CNCC1O. The highest BCUT2D eigenvalue weighted by molar-refractivity contribution is 7.99. The van der Waals surface area contributed by atoms with Crippen molar-refractivity contribution in [3.05, 3.63) is 30.3 Å². The number of aliphatic hydroxyl groups is 1. The molecule has 1 aliphatic rings. The van der Waals surface area contributed by atoms with Gasteiger partial charge in [0.25, 0.3) is 0 Å². The van der Waals surface area contributed by atoms with Crippen LogP contribution in [0.15, 0.2) is 35.2 Å². The zero-order valence-corrected chi connectivity index (χ0v) is 12.5. The van der Waals surface area contributed by atoms with E-state index in [1.165, 1.54) is 4.90 Å². The van der Waals surface area contributed by atoms with Crippen molar-refractivity contribution in [1.29, 1.82) is 0 Å². The molecular formula is C15H22N2O2S. The fraction of sp³-hybridized carbons (Fsp3) is 0.533. The maximum atomic E-state index is 12.0. The second-order valence-electron chi connectivity index (χ2n) is 5.26. The van der Waals surface area contributed by atoms with Crippen LogP contribution < -0.4 is 10.6 Å². The molecule has 4 nitrogen and oxygen atoms in total. The smallest absolute Gasteiger partial charge is 0.223 e. The van der Waals surface area contributed by atoms with E-state index in [0.29, 0.717) is 13.1 Å². The van der Waals surface area contributed by atoms with Gasteiger partial charge in [0.05, 0.1) is 6.10 Å². The van der Waals surface area contributed by atoms with Gasteiger partial charge < -0.3 is 15.7 Å². The minimum atomic E-state index is -0.343. The van der Waals surface area contributed by atoms with Crippen molar-refractivity contribution in [2.75, 3.05) is 25.4 Å². The van der Waals surface area contributed by atoms with Gasteiger partial charge in [0, 0.05) is 42.1 Å². The Hall–Kier alpha value is -1.04. The molecule has 0 aromatic heterocycles. The largest absolute Gasteiger partial charge is 0.391 e. The summed E-state index contributed by atoms with van der Waals surface area (Å²) in [5.41, 5.74) is 0. The molecule has 3 atom stereocenters. The van der Waals surface area contributed by atoms with Crippen molar-refractivity contribution in [2.24, 2.45) is 11.8 Å². The number of nitrogens with one attached hydrogen (secondary N) is 2. The molecule has 0 aliphatic carbocycles. The van der Waals surface area contributed by atoms with E-state index in [-0.39, 0.29) is 23.8 Å². The van der Waals surface area contributed by atoms with E-state index in [1.807, 2.05) is 25.1 Å². The van der Waals surface area contributed by atoms with Crippen molar-refractivity contribution in [3.63, 3.8) is 0 Å². The van der Waals surface area contributed by atoms with Gasteiger partial charge in [-0.1, -0.05) is 25.1 Å². The molecule has 3 unspecified atom stereocenters. The Morgan fingerprint density at radius 3 is 2.85 bits per heavy atom. The molecule has 20 heavy (non-hydrogen) atoms. The first-order valence-corrected chi connectivity index (χ1v) is 7.99. The van der Waals surface area contributed by atoms with Gasteiger partial charge in [0.1, 0.15) is 0 Å². The number of carbonyl (C=O) groups excluding carboxylic acids is 1. The first kappa shape index (κ1) is 15.4. The summed E-state index contributed by atoms with van der Waals surface area (Å²) in [5, 5.41) is 15.7. The van der Waals surface area contributed by atoms with E-state index < -0.39 is 0 Å². The van der Waals surface area contributed by atoms with E-state index in [1.54, 1.807) is 11.8 Å². The number of benzene rings is 1. The number of β-amino-alcohol motifs (C(OH)–C–C–N with tert-alkyl or cyclic N) is 1. The van der Waals surface area contributed by atoms with Crippen LogP contribution >= 0.6 is 11.8 Å². The average molecular weight is 294 g/mol. The normalized spacial score (nSPS) is 23.5. The van der Waals surface area contributed by atoms with Crippen molar-refractivity contribution >= 4 is 17.7 Å². The van der Waals surface area contributed by atoms with Crippen molar-refractivity contribution < 1.29 is 9.90 Å². The molecule has 110 valence electrons. The Morgan fingerprint density at radius 2 is 2.20 bits per heavy atom. The third-order valence-electron chi connectivity index (χ3n) is 3.53. The molecule has 5 heteroatoms. The number of thioether (sulfide) groups is 1. The zero-order chi connectivity index (χ0) is 14.4. The number of hydrogen-bond acceptors (Lipinski definition) is 4. The van der Waals surface area contributed by atoms with E-state index in [0.717, 1.165) is 12.3 Å². The number of amides is 1. The fourth-order valence-electron chi connectivity index (χ4n) is 2.15. The lowest BCUT2D eigenvalue weighted by Gasteiger charge is -2.16. The molecule has 0 saturated carbocycles. The Morgan fingerprint density at radius 1 is 1.45 bits per heavy atom. The predicted octanol–water partition coefficient (Wildman–Crippen LogP) is 1.11. The molecule has 1 aromatic carbocycles. The zero-order valence-electron chi connectivity index (χ0n) is 11.7. The molecule has 1 amide bonds. The number of rotatable bonds is 6. The molecule has 0 bridgehead atoms. The lowest BCUT2D eigenvalue weighted by molar-refractivity contribution is -0.124. The monoisotopic (exact) mass is 294 g/mol. The summed E-state index contributed by atoms with van der Waals surface area (Å²) >= 11 is 1.69. The predicted molar refractivity (Wildman–Crippen MR) is 81.7 cm³/mol. The van der Waals surface area contributed by atoms with Crippen molar-refractivity contribution in [1.82, 2.24) is 10.6 Å². The molecule has 1 fully saturated rings. The average Bonchev–Trinajstić information content (AvgIpc) is 2.88. The Labute approximate surface area is 124 Å². The molecule has 1 aromatic rings. The second kappa shape index (κ2) is 7.67. The summed E-state index contributed by atoms with van der Waals surface area (Å²) in [4.78, 5) is 13.2. The van der Waals surface area contributed by atoms with Crippen LogP contribution in [-0.2, 0) is 4.79 Å². The van der Waals surface area contributed by atoms with Crippen LogP contribution in [0.4, 0.5) is 0 Å². The number of hydrogen-bond donors (Lipinski definition) is 3. The van der Waals surface area contributed by atoms with E-state index >= 15 is 0 Å². The van der Waals surface area contributed by atoms with Crippen LogP contribution in [0.5, 0.6) is 0 Å². The van der Waals surface area contributed by atoms with Gasteiger partial charge in [0.2, 0.25) is 5.91 Å². The van der Waals surface area contributed by atoms with Crippen molar-refractivity contribution in [2.45, 2.75) is 17.9 Å². The molecule has 0 spiro atoms. The number of aliphatic hydroxyl groups excluding tert-OH is 1. The molecule has 1 aliphatic heterocycles. The third kappa shape index (κ3) is 4.51. The van der Waals surface area contributed by atoms with Crippen LogP contribution in [0.3, 0.4) is 0 Å². The highest BCUT2D eigenvalue weighted by Crippen LogP contribution is 2.20. The molecule has 2 rings (SSSR count). The van der Waals surface area contributed by atoms with Gasteiger partial charge in [-0.3, -0.25) is 4.79 Å². The van der Waals surface area contributed by atoms with Crippen LogP contribution in [-0.4, -0.2) is 42.5 Å². The topological polar surface area (TPSA) is 61.4 Å². The van der Waals surface area contributed by atoms with Crippen LogP contribution in [0.1, 0.15) is 6.92 Å². The molecular weight excluding hydrogens is 272 g/mol. The van der Waals surface area contributed by atoms with Gasteiger partial charge in [-0.25, -0.2) is 0 Å². The summed E-state index contributed by atoms with van der Waals surface area (Å²) in [5.74, 6) is 0.925. The van der Waals surface area contributed by atoms with Gasteiger partial charge in [0.15, 0.2) is 0 Å².